The van der Waals surface area contributed by atoms with Crippen molar-refractivity contribution in [3.05, 3.63) is 47.0 Å². The lowest BCUT2D eigenvalue weighted by Crippen LogP contribution is -2.56. The first kappa shape index (κ1) is 24.1. The summed E-state index contributed by atoms with van der Waals surface area (Å²) >= 11 is 0. The lowest BCUT2D eigenvalue weighted by Gasteiger charge is -2.42. The zero-order valence-corrected chi connectivity index (χ0v) is 18.3. The summed E-state index contributed by atoms with van der Waals surface area (Å²) in [5, 5.41) is 9.05. The fourth-order valence-electron chi connectivity index (χ4n) is 3.78. The maximum absolute atomic E-state index is 13.4. The van der Waals surface area contributed by atoms with Gasteiger partial charge in [0.15, 0.2) is 0 Å². The summed E-state index contributed by atoms with van der Waals surface area (Å²) in [7, 11) is 4.33. The molecular weight excluding hydrogens is 441 g/mol. The Balaban J connectivity index is 1.87. The van der Waals surface area contributed by atoms with Crippen LogP contribution in [0.3, 0.4) is 0 Å². The number of rotatable bonds is 6. The number of carbonyl (C=O) groups excluding carboxylic acids is 1. The normalized spacial score (nSPS) is 16.3. The van der Waals surface area contributed by atoms with Crippen LogP contribution in [0, 0.1) is 11.3 Å². The SMILES string of the molecule is COCC1CN(C(=O)c2ccc(OC)nc2OC)CCN1c1ccc(C#N)c(C(F)(F)F)c1. The van der Waals surface area contributed by atoms with Crippen molar-refractivity contribution in [2.24, 2.45) is 0 Å². The molecule has 0 saturated carbocycles. The number of alkyl halides is 3. The number of nitrogens with zero attached hydrogens (tertiary/aromatic N) is 4. The van der Waals surface area contributed by atoms with E-state index in [1.807, 2.05) is 0 Å². The van der Waals surface area contributed by atoms with Crippen LogP contribution in [0.5, 0.6) is 11.8 Å². The first-order valence-electron chi connectivity index (χ1n) is 9.98. The second-order valence-corrected chi connectivity index (χ2v) is 7.30. The maximum Gasteiger partial charge on any atom is 0.417 e. The minimum atomic E-state index is -4.66. The number of halogens is 3. The highest BCUT2D eigenvalue weighted by molar-refractivity contribution is 5.96. The van der Waals surface area contributed by atoms with Gasteiger partial charge in [0, 0.05) is 38.5 Å². The van der Waals surface area contributed by atoms with Gasteiger partial charge in [-0.3, -0.25) is 4.79 Å². The third kappa shape index (κ3) is 5.12. The Morgan fingerprint density at radius 3 is 2.55 bits per heavy atom. The van der Waals surface area contributed by atoms with E-state index in [1.165, 1.54) is 27.4 Å². The van der Waals surface area contributed by atoms with Gasteiger partial charge < -0.3 is 24.0 Å². The van der Waals surface area contributed by atoms with Gasteiger partial charge >= 0.3 is 6.18 Å². The summed E-state index contributed by atoms with van der Waals surface area (Å²) in [6, 6.07) is 7.89. The lowest BCUT2D eigenvalue weighted by atomic mass is 10.0. The molecule has 1 amide bonds. The minimum absolute atomic E-state index is 0.118. The number of hydrogen-bond donors (Lipinski definition) is 0. The van der Waals surface area contributed by atoms with Gasteiger partial charge in [0.2, 0.25) is 11.8 Å². The van der Waals surface area contributed by atoms with E-state index < -0.39 is 23.3 Å². The molecule has 11 heteroatoms. The molecule has 0 radical (unpaired) electrons. The van der Waals surface area contributed by atoms with E-state index in [1.54, 1.807) is 28.0 Å². The van der Waals surface area contributed by atoms with Crippen LogP contribution in [0.15, 0.2) is 30.3 Å². The van der Waals surface area contributed by atoms with Crippen LogP contribution >= 0.6 is 0 Å². The van der Waals surface area contributed by atoms with Crippen LogP contribution in [0.25, 0.3) is 0 Å². The van der Waals surface area contributed by atoms with Gasteiger partial charge in [-0.1, -0.05) is 0 Å². The number of anilines is 1. The molecule has 1 aromatic carbocycles. The molecule has 1 unspecified atom stereocenters. The number of ether oxygens (including phenoxy) is 3. The molecule has 1 saturated heterocycles. The van der Waals surface area contributed by atoms with Crippen LogP contribution in [0.2, 0.25) is 0 Å². The van der Waals surface area contributed by atoms with E-state index >= 15 is 0 Å². The Bertz CT molecular complexity index is 1050. The molecule has 2 aromatic rings. The Morgan fingerprint density at radius 1 is 1.18 bits per heavy atom. The van der Waals surface area contributed by atoms with Crippen LogP contribution in [-0.4, -0.2) is 69.4 Å². The van der Waals surface area contributed by atoms with Crippen molar-refractivity contribution in [3.8, 4) is 17.8 Å². The zero-order valence-electron chi connectivity index (χ0n) is 18.3. The molecule has 1 aromatic heterocycles. The molecule has 33 heavy (non-hydrogen) atoms. The van der Waals surface area contributed by atoms with Crippen LogP contribution in [0.1, 0.15) is 21.5 Å². The third-order valence-corrected chi connectivity index (χ3v) is 5.36. The standard InChI is InChI=1S/C22H23F3N4O4/c1-31-13-16-12-28(21(30)17-6-7-19(32-2)27-20(17)33-3)8-9-29(16)15-5-4-14(11-26)18(10-15)22(23,24)25/h4-7,10,16H,8-9,12-13H2,1-3H3. The van der Waals surface area contributed by atoms with Crippen molar-refractivity contribution < 1.29 is 32.2 Å². The molecule has 1 aliphatic heterocycles. The average Bonchev–Trinajstić information content (AvgIpc) is 2.82. The summed E-state index contributed by atoms with van der Waals surface area (Å²) in [6.07, 6.45) is -4.66. The molecule has 0 N–H and O–H groups in total. The monoisotopic (exact) mass is 464 g/mol. The molecule has 2 heterocycles. The summed E-state index contributed by atoms with van der Waals surface area (Å²) < 4.78 is 55.9. The average molecular weight is 464 g/mol. The van der Waals surface area contributed by atoms with Gasteiger partial charge in [0.05, 0.1) is 44.1 Å². The molecule has 1 atom stereocenters. The highest BCUT2D eigenvalue weighted by atomic mass is 19.4. The molecule has 1 fully saturated rings. The molecule has 0 bridgehead atoms. The Labute approximate surface area is 189 Å². The predicted molar refractivity (Wildman–Crippen MR) is 112 cm³/mol. The number of benzene rings is 1. The van der Waals surface area contributed by atoms with Crippen molar-refractivity contribution >= 4 is 11.6 Å². The van der Waals surface area contributed by atoms with Crippen molar-refractivity contribution in [1.82, 2.24) is 9.88 Å². The molecule has 0 aliphatic carbocycles. The van der Waals surface area contributed by atoms with Gasteiger partial charge in [-0.05, 0) is 24.3 Å². The van der Waals surface area contributed by atoms with Crippen LogP contribution < -0.4 is 14.4 Å². The number of aromatic nitrogens is 1. The van der Waals surface area contributed by atoms with Crippen LogP contribution in [0.4, 0.5) is 18.9 Å². The summed E-state index contributed by atoms with van der Waals surface area (Å²) in [4.78, 5) is 20.6. The molecular formula is C22H23F3N4O4. The second-order valence-electron chi connectivity index (χ2n) is 7.30. The predicted octanol–water partition coefficient (Wildman–Crippen LogP) is 2.97. The number of piperazine rings is 1. The van der Waals surface area contributed by atoms with E-state index in [2.05, 4.69) is 4.98 Å². The van der Waals surface area contributed by atoms with Gasteiger partial charge in [-0.25, -0.2) is 0 Å². The lowest BCUT2D eigenvalue weighted by molar-refractivity contribution is -0.137. The minimum Gasteiger partial charge on any atom is -0.481 e. The first-order valence-corrected chi connectivity index (χ1v) is 9.98. The molecule has 176 valence electrons. The molecule has 0 spiro atoms. The zero-order chi connectivity index (χ0) is 24.2. The maximum atomic E-state index is 13.4. The summed E-state index contributed by atoms with van der Waals surface area (Å²) in [5.74, 6) is 0.0947. The van der Waals surface area contributed by atoms with E-state index in [0.29, 0.717) is 11.6 Å². The van der Waals surface area contributed by atoms with E-state index in [-0.39, 0.29) is 43.6 Å². The number of hydrogen-bond acceptors (Lipinski definition) is 7. The highest BCUT2D eigenvalue weighted by Gasteiger charge is 2.36. The van der Waals surface area contributed by atoms with Gasteiger partial charge in [0.25, 0.3) is 5.91 Å². The highest BCUT2D eigenvalue weighted by Crippen LogP contribution is 2.35. The number of carbonyl (C=O) groups is 1. The van der Waals surface area contributed by atoms with Crippen molar-refractivity contribution in [1.29, 1.82) is 5.26 Å². The number of pyridine rings is 1. The largest absolute Gasteiger partial charge is 0.481 e. The second kappa shape index (κ2) is 9.95. The smallest absolute Gasteiger partial charge is 0.417 e. The number of methoxy groups -OCH3 is 3. The Hall–Kier alpha value is -3.52. The van der Waals surface area contributed by atoms with Gasteiger partial charge in [0.1, 0.15) is 5.56 Å². The van der Waals surface area contributed by atoms with E-state index in [4.69, 9.17) is 19.5 Å². The molecule has 8 nitrogen and oxygen atoms in total. The summed E-state index contributed by atoms with van der Waals surface area (Å²) in [5.41, 5.74) is -0.881. The number of nitriles is 1. The van der Waals surface area contributed by atoms with Crippen molar-refractivity contribution in [3.63, 3.8) is 0 Å². The van der Waals surface area contributed by atoms with Gasteiger partial charge in [-0.2, -0.15) is 23.4 Å². The Kier molecular flexibility index (Phi) is 7.28. The molecule has 3 rings (SSSR count). The van der Waals surface area contributed by atoms with E-state index in [9.17, 15) is 18.0 Å². The fraction of sp³-hybridized carbons (Fsp3) is 0.409. The van der Waals surface area contributed by atoms with Gasteiger partial charge in [-0.15, -0.1) is 0 Å². The Morgan fingerprint density at radius 2 is 1.94 bits per heavy atom. The van der Waals surface area contributed by atoms with E-state index in [0.717, 1.165) is 12.1 Å². The third-order valence-electron chi connectivity index (χ3n) is 5.36. The van der Waals surface area contributed by atoms with Crippen molar-refractivity contribution in [2.45, 2.75) is 12.2 Å². The number of amides is 1. The summed E-state index contributed by atoms with van der Waals surface area (Å²) in [6.45, 7) is 0.927. The van der Waals surface area contributed by atoms with Crippen molar-refractivity contribution in [2.75, 3.05) is 52.5 Å². The van der Waals surface area contributed by atoms with Crippen LogP contribution in [-0.2, 0) is 10.9 Å². The first-order chi connectivity index (χ1) is 15.7. The molecule has 1 aliphatic rings. The fourth-order valence-corrected chi connectivity index (χ4v) is 3.78. The topological polar surface area (TPSA) is 87.9 Å². The quantitative estimate of drug-likeness (QED) is 0.650.